The van der Waals surface area contributed by atoms with Crippen LogP contribution in [0.2, 0.25) is 0 Å². The third-order valence-electron chi connectivity index (χ3n) is 2.52. The van der Waals surface area contributed by atoms with Gasteiger partial charge in [-0.15, -0.1) is 0 Å². The van der Waals surface area contributed by atoms with E-state index in [4.69, 9.17) is 14.0 Å². The van der Waals surface area contributed by atoms with Crippen molar-refractivity contribution in [1.82, 2.24) is 0 Å². The van der Waals surface area contributed by atoms with Gasteiger partial charge in [0.15, 0.2) is 5.25 Å². The lowest BCUT2D eigenvalue weighted by molar-refractivity contribution is -0.150. The van der Waals surface area contributed by atoms with Crippen molar-refractivity contribution in [3.8, 4) is 0 Å². The minimum atomic E-state index is -4.67. The monoisotopic (exact) mass is 280 g/mol. The number of cyclic esters (lactones) is 2. The van der Waals surface area contributed by atoms with Crippen LogP contribution in [0.25, 0.3) is 0 Å². The van der Waals surface area contributed by atoms with Gasteiger partial charge in [0.1, 0.15) is 0 Å². The van der Waals surface area contributed by atoms with E-state index in [0.29, 0.717) is 12.8 Å². The van der Waals surface area contributed by atoms with Gasteiger partial charge in [0, 0.05) is 0 Å². The van der Waals surface area contributed by atoms with Gasteiger partial charge in [0.25, 0.3) is 10.1 Å². The van der Waals surface area contributed by atoms with E-state index in [1.165, 1.54) is 0 Å². The number of hydrogen-bond donors (Lipinski definition) is 1. The van der Waals surface area contributed by atoms with Gasteiger partial charge in [-0.2, -0.15) is 8.42 Å². The number of carbonyl (C=O) groups excluding carboxylic acids is 2. The highest BCUT2D eigenvalue weighted by atomic mass is 32.2. The van der Waals surface area contributed by atoms with E-state index in [0.717, 1.165) is 12.8 Å². The van der Waals surface area contributed by atoms with Crippen LogP contribution in [-0.4, -0.2) is 43.4 Å². The Kier molecular flexibility index (Phi) is 5.54. The first-order valence-corrected chi connectivity index (χ1v) is 7.20. The summed E-state index contributed by atoms with van der Waals surface area (Å²) >= 11 is 0. The van der Waals surface area contributed by atoms with Crippen LogP contribution in [0.3, 0.4) is 0 Å². The maximum atomic E-state index is 11.5. The predicted octanol–water partition coefficient (Wildman–Crippen LogP) is 0.293. The highest BCUT2D eigenvalue weighted by molar-refractivity contribution is 7.87. The quantitative estimate of drug-likeness (QED) is 0.543. The Bertz CT molecular complexity index is 400. The molecule has 1 heterocycles. The van der Waals surface area contributed by atoms with Crippen LogP contribution in [0.1, 0.15) is 32.1 Å². The zero-order valence-corrected chi connectivity index (χ0v) is 10.6. The van der Waals surface area contributed by atoms with Crippen LogP contribution in [0, 0.1) is 0 Å². The van der Waals surface area contributed by atoms with Gasteiger partial charge >= 0.3 is 11.9 Å². The SMILES string of the molecule is O=C1CC(S(=O)(=O)O)C(=O)OCCCCCCO1. The number of ether oxygens (including phenoxy) is 2. The van der Waals surface area contributed by atoms with E-state index in [9.17, 15) is 18.0 Å². The normalized spacial score (nSPS) is 24.4. The smallest absolute Gasteiger partial charge is 0.327 e. The Hall–Kier alpha value is -1.15. The first-order valence-electron chi connectivity index (χ1n) is 5.70. The summed E-state index contributed by atoms with van der Waals surface area (Å²) in [4.78, 5) is 22.7. The van der Waals surface area contributed by atoms with Gasteiger partial charge in [0.2, 0.25) is 0 Å². The molecule has 0 amide bonds. The maximum absolute atomic E-state index is 11.5. The largest absolute Gasteiger partial charge is 0.466 e. The highest BCUT2D eigenvalue weighted by Gasteiger charge is 2.35. The second-order valence-corrected chi connectivity index (χ2v) is 5.61. The number of rotatable bonds is 1. The Morgan fingerprint density at radius 2 is 1.56 bits per heavy atom. The second-order valence-electron chi connectivity index (χ2n) is 4.01. The fourth-order valence-electron chi connectivity index (χ4n) is 1.53. The highest BCUT2D eigenvalue weighted by Crippen LogP contribution is 2.11. The molecule has 7 nitrogen and oxygen atoms in total. The van der Waals surface area contributed by atoms with E-state index in [1.54, 1.807) is 0 Å². The number of hydrogen-bond acceptors (Lipinski definition) is 6. The molecule has 18 heavy (non-hydrogen) atoms. The predicted molar refractivity (Wildman–Crippen MR) is 60.3 cm³/mol. The first-order chi connectivity index (χ1) is 8.41. The zero-order valence-electron chi connectivity index (χ0n) is 9.83. The van der Waals surface area contributed by atoms with Crippen molar-refractivity contribution in [2.24, 2.45) is 0 Å². The second kappa shape index (κ2) is 6.69. The lowest BCUT2D eigenvalue weighted by Crippen LogP contribution is -2.34. The molecule has 1 unspecified atom stereocenters. The first kappa shape index (κ1) is 14.9. The molecular weight excluding hydrogens is 264 g/mol. The Balaban J connectivity index is 2.76. The zero-order chi connectivity index (χ0) is 13.6. The molecule has 1 fully saturated rings. The van der Waals surface area contributed by atoms with Gasteiger partial charge in [-0.3, -0.25) is 14.1 Å². The van der Waals surface area contributed by atoms with Crippen molar-refractivity contribution in [1.29, 1.82) is 0 Å². The van der Waals surface area contributed by atoms with E-state index < -0.39 is 33.7 Å². The molecule has 0 radical (unpaired) electrons. The maximum Gasteiger partial charge on any atom is 0.327 e. The van der Waals surface area contributed by atoms with Crippen molar-refractivity contribution in [3.05, 3.63) is 0 Å². The van der Waals surface area contributed by atoms with E-state index in [1.807, 2.05) is 0 Å². The Labute approximate surface area is 105 Å². The fourth-order valence-corrected chi connectivity index (χ4v) is 2.19. The molecule has 1 rings (SSSR count). The minimum absolute atomic E-state index is 0.0832. The van der Waals surface area contributed by atoms with E-state index in [2.05, 4.69) is 0 Å². The molecule has 0 bridgehead atoms. The summed E-state index contributed by atoms with van der Waals surface area (Å²) in [5, 5.41) is -1.90. The molecule has 1 atom stereocenters. The van der Waals surface area contributed by atoms with Crippen LogP contribution < -0.4 is 0 Å². The molecule has 0 aromatic carbocycles. The third kappa shape index (κ3) is 5.01. The van der Waals surface area contributed by atoms with Crippen molar-refractivity contribution in [3.63, 3.8) is 0 Å². The van der Waals surface area contributed by atoms with Crippen LogP contribution in [0.4, 0.5) is 0 Å². The Morgan fingerprint density at radius 1 is 1.00 bits per heavy atom. The summed E-state index contributed by atoms with van der Waals surface area (Å²) in [6.45, 7) is 0.270. The molecular formula is C10H16O7S. The molecule has 1 aliphatic heterocycles. The molecule has 0 spiro atoms. The fraction of sp³-hybridized carbons (Fsp3) is 0.800. The van der Waals surface area contributed by atoms with Gasteiger partial charge < -0.3 is 9.47 Å². The third-order valence-corrected chi connectivity index (χ3v) is 3.60. The summed E-state index contributed by atoms with van der Waals surface area (Å²) in [5.74, 6) is -1.95. The van der Waals surface area contributed by atoms with Crippen molar-refractivity contribution >= 4 is 22.1 Å². The molecule has 0 saturated carbocycles. The summed E-state index contributed by atoms with van der Waals surface area (Å²) in [6, 6.07) is 0. The van der Waals surface area contributed by atoms with E-state index >= 15 is 0 Å². The lowest BCUT2D eigenvalue weighted by Gasteiger charge is -2.14. The van der Waals surface area contributed by atoms with Gasteiger partial charge in [-0.1, -0.05) is 0 Å². The summed E-state index contributed by atoms with van der Waals surface area (Å²) in [7, 11) is -4.67. The summed E-state index contributed by atoms with van der Waals surface area (Å²) < 4.78 is 40.4. The standard InChI is InChI=1S/C10H16O7S/c11-9-7-8(18(13,14)15)10(12)17-6-4-2-1-3-5-16-9/h8H,1-7H2,(H,13,14,15). The molecule has 0 aromatic heterocycles. The number of esters is 2. The molecule has 0 aromatic rings. The Morgan fingerprint density at radius 3 is 2.11 bits per heavy atom. The molecule has 0 aliphatic carbocycles. The summed E-state index contributed by atoms with van der Waals surface area (Å²) in [6.07, 6.45) is 2.19. The minimum Gasteiger partial charge on any atom is -0.466 e. The van der Waals surface area contributed by atoms with Crippen molar-refractivity contribution < 1.29 is 32.0 Å². The van der Waals surface area contributed by atoms with Crippen LogP contribution >= 0.6 is 0 Å². The number of carbonyl (C=O) groups is 2. The average Bonchev–Trinajstić information content (AvgIpc) is 2.26. The van der Waals surface area contributed by atoms with Crippen LogP contribution in [0.5, 0.6) is 0 Å². The average molecular weight is 280 g/mol. The topological polar surface area (TPSA) is 107 Å². The molecule has 8 heteroatoms. The molecule has 1 N–H and O–H groups in total. The lowest BCUT2D eigenvalue weighted by atomic mass is 10.2. The van der Waals surface area contributed by atoms with Crippen LogP contribution in [-0.2, 0) is 29.2 Å². The van der Waals surface area contributed by atoms with Gasteiger partial charge in [0.05, 0.1) is 19.6 Å². The summed E-state index contributed by atoms with van der Waals surface area (Å²) in [5.41, 5.74) is 0. The van der Waals surface area contributed by atoms with Crippen molar-refractivity contribution in [2.75, 3.05) is 13.2 Å². The molecule has 104 valence electrons. The van der Waals surface area contributed by atoms with E-state index in [-0.39, 0.29) is 13.2 Å². The molecule has 1 aliphatic rings. The van der Waals surface area contributed by atoms with Gasteiger partial charge in [-0.05, 0) is 25.7 Å². The van der Waals surface area contributed by atoms with Gasteiger partial charge in [-0.25, -0.2) is 0 Å². The van der Waals surface area contributed by atoms with Crippen LogP contribution in [0.15, 0.2) is 0 Å². The van der Waals surface area contributed by atoms with Crippen molar-refractivity contribution in [2.45, 2.75) is 37.4 Å². The molecule has 1 saturated heterocycles.